The maximum Gasteiger partial charge on any atom is 0.266 e. The van der Waals surface area contributed by atoms with Crippen LogP contribution in [0.25, 0.3) is 0 Å². The minimum Gasteiger partial charge on any atom is -0.478 e. The Kier molecular flexibility index (Phi) is 5.29. The Labute approximate surface area is 140 Å². The lowest BCUT2D eigenvalue weighted by Crippen LogP contribution is -2.70. The number of amides is 1. The van der Waals surface area contributed by atoms with Crippen LogP contribution in [0.5, 0.6) is 5.75 Å². The Bertz CT molecular complexity index is 539. The third-order valence-electron chi connectivity index (χ3n) is 3.47. The number of carbonyl (C=O) groups excluding carboxylic acids is 1. The molecule has 1 heterocycles. The number of nitrogens with one attached hydrogen (secondary N) is 1. The lowest BCUT2D eigenvalue weighted by Gasteiger charge is -2.47. The van der Waals surface area contributed by atoms with E-state index >= 15 is 0 Å². The van der Waals surface area contributed by atoms with Crippen molar-refractivity contribution in [2.45, 2.75) is 38.5 Å². The van der Waals surface area contributed by atoms with Crippen LogP contribution in [0.1, 0.15) is 20.8 Å². The van der Waals surface area contributed by atoms with Gasteiger partial charge in [0.05, 0.1) is 12.6 Å². The molecule has 0 aliphatic carbocycles. The van der Waals surface area contributed by atoms with E-state index in [0.29, 0.717) is 13.1 Å². The summed E-state index contributed by atoms with van der Waals surface area (Å²) in [4.78, 5) is 14.1. The van der Waals surface area contributed by atoms with E-state index in [-0.39, 0.29) is 17.5 Å². The number of para-hydroxylation sites is 1. The van der Waals surface area contributed by atoms with Crippen LogP contribution in [-0.2, 0) is 4.79 Å². The van der Waals surface area contributed by atoms with Crippen molar-refractivity contribution < 1.29 is 9.53 Å². The molecule has 0 saturated carbocycles. The number of ether oxygens (including phenoxy) is 1. The van der Waals surface area contributed by atoms with Crippen molar-refractivity contribution in [3.8, 4) is 5.75 Å². The predicted molar refractivity (Wildman–Crippen MR) is 92.2 cm³/mol. The first-order chi connectivity index (χ1) is 10.3. The lowest BCUT2D eigenvalue weighted by molar-refractivity contribution is -0.162. The standard InChI is InChI=1S/C17H23BrN2O2/c1-12(18)11-20-14(10-19-17(2,3)4)15(16(20)21)22-13-8-6-5-7-9-13/h5-9,14-15,19H,1,10-11H2,2-4H3/t14-,15+/m0/s1. The summed E-state index contributed by atoms with van der Waals surface area (Å²) < 4.78 is 6.67. The molecule has 0 unspecified atom stereocenters. The van der Waals surface area contributed by atoms with Crippen LogP contribution in [0.2, 0.25) is 0 Å². The second-order valence-electron chi connectivity index (χ2n) is 6.53. The Hall–Kier alpha value is -1.33. The fourth-order valence-corrected chi connectivity index (χ4v) is 2.63. The zero-order valence-corrected chi connectivity index (χ0v) is 14.9. The van der Waals surface area contributed by atoms with Crippen molar-refractivity contribution in [2.24, 2.45) is 0 Å². The van der Waals surface area contributed by atoms with Gasteiger partial charge >= 0.3 is 0 Å². The zero-order valence-electron chi connectivity index (χ0n) is 13.3. The summed E-state index contributed by atoms with van der Waals surface area (Å²) in [5, 5.41) is 3.44. The topological polar surface area (TPSA) is 41.6 Å². The van der Waals surface area contributed by atoms with E-state index in [4.69, 9.17) is 4.74 Å². The fourth-order valence-electron chi connectivity index (χ4n) is 2.36. The molecule has 120 valence electrons. The van der Waals surface area contributed by atoms with E-state index in [9.17, 15) is 4.79 Å². The van der Waals surface area contributed by atoms with Gasteiger partial charge in [0.2, 0.25) is 0 Å². The quantitative estimate of drug-likeness (QED) is 0.787. The number of hydrogen-bond acceptors (Lipinski definition) is 3. The van der Waals surface area contributed by atoms with Crippen LogP contribution in [0.4, 0.5) is 0 Å². The van der Waals surface area contributed by atoms with Crippen molar-refractivity contribution in [2.75, 3.05) is 13.1 Å². The fraction of sp³-hybridized carbons (Fsp3) is 0.471. The molecule has 1 saturated heterocycles. The van der Waals surface area contributed by atoms with Crippen molar-refractivity contribution in [1.82, 2.24) is 10.2 Å². The maximum absolute atomic E-state index is 12.3. The molecule has 0 spiro atoms. The highest BCUT2D eigenvalue weighted by atomic mass is 79.9. The Morgan fingerprint density at radius 2 is 2.00 bits per heavy atom. The summed E-state index contributed by atoms with van der Waals surface area (Å²) in [6.45, 7) is 11.3. The minimum absolute atomic E-state index is 0.00114. The number of likely N-dealkylation sites (tertiary alicyclic amines) is 1. The smallest absolute Gasteiger partial charge is 0.266 e. The van der Waals surface area contributed by atoms with E-state index in [1.54, 1.807) is 4.90 Å². The number of hydrogen-bond donors (Lipinski definition) is 1. The predicted octanol–water partition coefficient (Wildman–Crippen LogP) is 2.94. The van der Waals surface area contributed by atoms with Crippen molar-refractivity contribution in [1.29, 1.82) is 0 Å². The van der Waals surface area contributed by atoms with E-state index in [2.05, 4.69) is 48.6 Å². The van der Waals surface area contributed by atoms with Gasteiger partial charge in [-0.3, -0.25) is 4.79 Å². The van der Waals surface area contributed by atoms with Crippen LogP contribution in [0.3, 0.4) is 0 Å². The van der Waals surface area contributed by atoms with Crippen LogP contribution in [0, 0.1) is 0 Å². The van der Waals surface area contributed by atoms with Gasteiger partial charge in [-0.2, -0.15) is 0 Å². The Morgan fingerprint density at radius 1 is 1.36 bits per heavy atom. The van der Waals surface area contributed by atoms with Gasteiger partial charge in [0.15, 0.2) is 6.10 Å². The van der Waals surface area contributed by atoms with Gasteiger partial charge in [0.1, 0.15) is 5.75 Å². The monoisotopic (exact) mass is 366 g/mol. The normalized spacial score (nSPS) is 21.5. The average Bonchev–Trinajstić information content (AvgIpc) is 2.44. The summed E-state index contributed by atoms with van der Waals surface area (Å²) in [5.41, 5.74) is -0.00693. The summed E-state index contributed by atoms with van der Waals surface area (Å²) in [5.74, 6) is 0.726. The third kappa shape index (κ3) is 4.34. The number of nitrogens with zero attached hydrogens (tertiary/aromatic N) is 1. The summed E-state index contributed by atoms with van der Waals surface area (Å²) >= 11 is 3.33. The van der Waals surface area contributed by atoms with Crippen molar-refractivity contribution in [3.05, 3.63) is 41.4 Å². The number of β-lactam (4-membered cyclic amide) rings is 1. The van der Waals surface area contributed by atoms with Gasteiger partial charge < -0.3 is 15.0 Å². The Balaban J connectivity index is 2.06. The molecule has 0 radical (unpaired) electrons. The molecule has 1 aliphatic heterocycles. The molecule has 1 aliphatic rings. The molecular formula is C17H23BrN2O2. The first-order valence-electron chi connectivity index (χ1n) is 7.38. The van der Waals surface area contributed by atoms with Gasteiger partial charge in [0.25, 0.3) is 5.91 Å². The van der Waals surface area contributed by atoms with Gasteiger partial charge in [-0.15, -0.1) is 0 Å². The molecule has 1 aromatic rings. The molecule has 0 bridgehead atoms. The van der Waals surface area contributed by atoms with Crippen molar-refractivity contribution in [3.63, 3.8) is 0 Å². The largest absolute Gasteiger partial charge is 0.478 e. The summed E-state index contributed by atoms with van der Waals surface area (Å²) in [7, 11) is 0. The molecule has 0 aromatic heterocycles. The number of halogens is 1. The van der Waals surface area contributed by atoms with Gasteiger partial charge in [-0.1, -0.05) is 40.7 Å². The number of rotatable bonds is 6. The molecule has 5 heteroatoms. The van der Waals surface area contributed by atoms with E-state index < -0.39 is 6.10 Å². The molecular weight excluding hydrogens is 344 g/mol. The van der Waals surface area contributed by atoms with Crippen LogP contribution >= 0.6 is 15.9 Å². The second-order valence-corrected chi connectivity index (χ2v) is 7.65. The maximum atomic E-state index is 12.3. The molecule has 1 N–H and O–H groups in total. The van der Waals surface area contributed by atoms with Crippen molar-refractivity contribution >= 4 is 21.8 Å². The average molecular weight is 367 g/mol. The van der Waals surface area contributed by atoms with E-state index in [1.165, 1.54) is 0 Å². The Morgan fingerprint density at radius 3 is 2.55 bits per heavy atom. The number of carbonyl (C=O) groups is 1. The van der Waals surface area contributed by atoms with E-state index in [0.717, 1.165) is 10.2 Å². The molecule has 1 fully saturated rings. The molecule has 2 atom stereocenters. The second kappa shape index (κ2) is 6.84. The molecule has 1 amide bonds. The number of benzene rings is 1. The molecule has 1 aromatic carbocycles. The van der Waals surface area contributed by atoms with Crippen LogP contribution < -0.4 is 10.1 Å². The molecule has 22 heavy (non-hydrogen) atoms. The first-order valence-corrected chi connectivity index (χ1v) is 8.18. The zero-order chi connectivity index (χ0) is 16.3. The van der Waals surface area contributed by atoms with Crippen LogP contribution in [-0.4, -0.2) is 41.6 Å². The van der Waals surface area contributed by atoms with Gasteiger partial charge in [0, 0.05) is 16.6 Å². The third-order valence-corrected chi connectivity index (χ3v) is 3.72. The SMILES string of the molecule is C=C(Br)CN1C(=O)[C@H](Oc2ccccc2)[C@@H]1CNC(C)(C)C. The van der Waals surface area contributed by atoms with Gasteiger partial charge in [-0.05, 0) is 32.9 Å². The molecule has 4 nitrogen and oxygen atoms in total. The minimum atomic E-state index is -0.441. The summed E-state index contributed by atoms with van der Waals surface area (Å²) in [6, 6.07) is 9.47. The van der Waals surface area contributed by atoms with E-state index in [1.807, 2.05) is 30.3 Å². The van der Waals surface area contributed by atoms with Crippen LogP contribution in [0.15, 0.2) is 41.4 Å². The summed E-state index contributed by atoms with van der Waals surface area (Å²) in [6.07, 6.45) is -0.441. The molecule has 2 rings (SSSR count). The first kappa shape index (κ1) is 17.0. The highest BCUT2D eigenvalue weighted by Gasteiger charge is 2.49. The highest BCUT2D eigenvalue weighted by Crippen LogP contribution is 2.27. The lowest BCUT2D eigenvalue weighted by atomic mass is 9.96. The van der Waals surface area contributed by atoms with Gasteiger partial charge in [-0.25, -0.2) is 0 Å². The highest BCUT2D eigenvalue weighted by molar-refractivity contribution is 9.11.